The first-order valence-corrected chi connectivity index (χ1v) is 7.87. The normalized spacial score (nSPS) is 11.8. The van der Waals surface area contributed by atoms with Crippen LogP contribution in [-0.2, 0) is 0 Å². The molecular formula is C20H22FNO. The lowest BCUT2D eigenvalue weighted by Crippen LogP contribution is -2.04. The molecule has 0 N–H and O–H groups in total. The second-order valence-corrected chi connectivity index (χ2v) is 5.88. The van der Waals surface area contributed by atoms with E-state index in [0.717, 1.165) is 28.9 Å². The number of aryl methyl sites for hydroxylation is 2. The summed E-state index contributed by atoms with van der Waals surface area (Å²) in [4.78, 5) is 0. The van der Waals surface area contributed by atoms with Crippen molar-refractivity contribution in [2.24, 2.45) is 0 Å². The van der Waals surface area contributed by atoms with Crippen molar-refractivity contribution in [1.82, 2.24) is 0 Å². The minimum absolute atomic E-state index is 0.297. The maximum atomic E-state index is 13.3. The van der Waals surface area contributed by atoms with Crippen molar-refractivity contribution in [1.29, 1.82) is 5.26 Å². The fourth-order valence-electron chi connectivity index (χ4n) is 2.64. The molecule has 0 radical (unpaired) electrons. The average Bonchev–Trinajstić information content (AvgIpc) is 2.54. The van der Waals surface area contributed by atoms with Crippen molar-refractivity contribution in [2.45, 2.75) is 39.5 Å². The fraction of sp³-hybridized carbons (Fsp3) is 0.350. The zero-order valence-electron chi connectivity index (χ0n) is 13.9. The van der Waals surface area contributed by atoms with E-state index < -0.39 is 0 Å². The largest absolute Gasteiger partial charge is 0.493 e. The Hall–Kier alpha value is -2.34. The van der Waals surface area contributed by atoms with Gasteiger partial charge in [-0.2, -0.15) is 5.26 Å². The van der Waals surface area contributed by atoms with Crippen LogP contribution in [0, 0.1) is 37.9 Å². The molecule has 2 rings (SSSR count). The van der Waals surface area contributed by atoms with E-state index in [1.807, 2.05) is 6.92 Å². The summed E-state index contributed by atoms with van der Waals surface area (Å²) in [7, 11) is 0. The third-order valence-corrected chi connectivity index (χ3v) is 4.16. The van der Waals surface area contributed by atoms with Crippen molar-refractivity contribution in [3.05, 3.63) is 64.5 Å². The number of halogens is 1. The molecule has 0 heterocycles. The molecule has 0 aliphatic heterocycles. The Balaban J connectivity index is 1.92. The number of hydrogen-bond acceptors (Lipinski definition) is 2. The molecule has 0 aromatic heterocycles. The zero-order chi connectivity index (χ0) is 16.8. The first-order valence-electron chi connectivity index (χ1n) is 7.87. The third kappa shape index (κ3) is 4.32. The highest BCUT2D eigenvalue weighted by Crippen LogP contribution is 2.27. The van der Waals surface area contributed by atoms with Crippen LogP contribution in [0.4, 0.5) is 4.39 Å². The molecule has 0 aliphatic rings. The summed E-state index contributed by atoms with van der Waals surface area (Å²) in [5.41, 5.74) is 4.22. The van der Waals surface area contributed by atoms with Crippen LogP contribution in [0.2, 0.25) is 0 Å². The Bertz CT molecular complexity index is 718. The predicted molar refractivity (Wildman–Crippen MR) is 90.1 cm³/mol. The minimum atomic E-state index is -0.301. The topological polar surface area (TPSA) is 33.0 Å². The van der Waals surface area contributed by atoms with Crippen molar-refractivity contribution >= 4 is 0 Å². The molecule has 3 heteroatoms. The number of hydrogen-bond donors (Lipinski definition) is 0. The van der Waals surface area contributed by atoms with E-state index in [0.29, 0.717) is 13.0 Å². The van der Waals surface area contributed by atoms with E-state index in [1.54, 1.807) is 12.1 Å². The van der Waals surface area contributed by atoms with Gasteiger partial charge in [0.15, 0.2) is 0 Å². The molecule has 2 nitrogen and oxygen atoms in total. The summed E-state index contributed by atoms with van der Waals surface area (Å²) in [6, 6.07) is 12.7. The minimum Gasteiger partial charge on any atom is -0.493 e. The van der Waals surface area contributed by atoms with E-state index in [2.05, 4.69) is 32.0 Å². The molecule has 2 aromatic rings. The van der Waals surface area contributed by atoms with Crippen molar-refractivity contribution < 1.29 is 9.13 Å². The summed E-state index contributed by atoms with van der Waals surface area (Å²) >= 11 is 0. The van der Waals surface area contributed by atoms with Gasteiger partial charge in [-0.05, 0) is 68.0 Å². The Morgan fingerprint density at radius 1 is 1.13 bits per heavy atom. The lowest BCUT2D eigenvalue weighted by Gasteiger charge is -2.15. The van der Waals surface area contributed by atoms with Crippen LogP contribution < -0.4 is 4.74 Å². The molecule has 0 spiro atoms. The SMILES string of the molecule is Cc1ccc(C)c(OCCCC(C#N)c2cccc(F)c2)c1C. The first kappa shape index (κ1) is 17.0. The van der Waals surface area contributed by atoms with Gasteiger partial charge in [0, 0.05) is 0 Å². The summed E-state index contributed by atoms with van der Waals surface area (Å²) in [6.45, 7) is 6.71. The van der Waals surface area contributed by atoms with Crippen LogP contribution in [0.1, 0.15) is 41.0 Å². The highest BCUT2D eigenvalue weighted by molar-refractivity contribution is 5.44. The molecule has 0 bridgehead atoms. The standard InChI is InChI=1S/C20H22FNO/c1-14-9-10-15(2)20(16(14)3)23-11-5-7-18(13-22)17-6-4-8-19(21)12-17/h4,6,8-10,12,18H,5,7,11H2,1-3H3. The predicted octanol–water partition coefficient (Wildman–Crippen LogP) is 5.22. The average molecular weight is 311 g/mol. The van der Waals surface area contributed by atoms with Crippen LogP contribution >= 0.6 is 0 Å². The van der Waals surface area contributed by atoms with Crippen molar-refractivity contribution in [3.8, 4) is 11.8 Å². The van der Waals surface area contributed by atoms with Crippen molar-refractivity contribution in [2.75, 3.05) is 6.61 Å². The second-order valence-electron chi connectivity index (χ2n) is 5.88. The molecule has 0 fully saturated rings. The van der Waals surface area contributed by atoms with Crippen LogP contribution in [0.3, 0.4) is 0 Å². The molecule has 1 unspecified atom stereocenters. The Morgan fingerprint density at radius 3 is 2.57 bits per heavy atom. The van der Waals surface area contributed by atoms with Gasteiger partial charge in [0.2, 0.25) is 0 Å². The molecule has 0 aliphatic carbocycles. The summed E-state index contributed by atoms with van der Waals surface area (Å²) < 4.78 is 19.2. The molecule has 0 saturated carbocycles. The Kier molecular flexibility index (Phi) is 5.76. The van der Waals surface area contributed by atoms with E-state index in [9.17, 15) is 9.65 Å². The molecule has 1 atom stereocenters. The summed E-state index contributed by atoms with van der Waals surface area (Å²) in [6.07, 6.45) is 1.41. The quantitative estimate of drug-likeness (QED) is 0.685. The van der Waals surface area contributed by atoms with Crippen LogP contribution in [-0.4, -0.2) is 6.61 Å². The Morgan fingerprint density at radius 2 is 1.87 bits per heavy atom. The van der Waals surface area contributed by atoms with Crippen molar-refractivity contribution in [3.63, 3.8) is 0 Å². The maximum absolute atomic E-state index is 13.3. The zero-order valence-corrected chi connectivity index (χ0v) is 13.9. The van der Waals surface area contributed by atoms with Gasteiger partial charge in [-0.3, -0.25) is 0 Å². The Labute approximate surface area is 137 Å². The van der Waals surface area contributed by atoms with E-state index >= 15 is 0 Å². The van der Waals surface area contributed by atoms with Gasteiger partial charge in [-0.1, -0.05) is 24.3 Å². The van der Waals surface area contributed by atoms with Gasteiger partial charge in [0.1, 0.15) is 11.6 Å². The lowest BCUT2D eigenvalue weighted by atomic mass is 9.96. The number of nitriles is 1. The molecule has 2 aromatic carbocycles. The number of benzene rings is 2. The monoisotopic (exact) mass is 311 g/mol. The van der Waals surface area contributed by atoms with E-state index in [4.69, 9.17) is 4.74 Å². The van der Waals surface area contributed by atoms with Gasteiger partial charge in [-0.15, -0.1) is 0 Å². The van der Waals surface area contributed by atoms with Crippen LogP contribution in [0.25, 0.3) is 0 Å². The molecular weight excluding hydrogens is 289 g/mol. The summed E-state index contributed by atoms with van der Waals surface area (Å²) in [5, 5.41) is 9.30. The number of rotatable bonds is 6. The highest BCUT2D eigenvalue weighted by atomic mass is 19.1. The van der Waals surface area contributed by atoms with Gasteiger partial charge in [0.25, 0.3) is 0 Å². The lowest BCUT2D eigenvalue weighted by molar-refractivity contribution is 0.301. The fourth-order valence-corrected chi connectivity index (χ4v) is 2.64. The first-order chi connectivity index (χ1) is 11.0. The van der Waals surface area contributed by atoms with Crippen LogP contribution in [0.15, 0.2) is 36.4 Å². The van der Waals surface area contributed by atoms with Gasteiger partial charge in [-0.25, -0.2) is 4.39 Å². The highest BCUT2D eigenvalue weighted by Gasteiger charge is 2.12. The number of nitrogens with zero attached hydrogens (tertiary/aromatic N) is 1. The number of ether oxygens (including phenoxy) is 1. The van der Waals surface area contributed by atoms with E-state index in [-0.39, 0.29) is 11.7 Å². The van der Waals surface area contributed by atoms with Gasteiger partial charge in [0.05, 0.1) is 18.6 Å². The summed E-state index contributed by atoms with van der Waals surface area (Å²) in [5.74, 6) is 0.336. The molecule has 0 amide bonds. The van der Waals surface area contributed by atoms with E-state index in [1.165, 1.54) is 17.7 Å². The maximum Gasteiger partial charge on any atom is 0.125 e. The molecule has 0 saturated heterocycles. The van der Waals surface area contributed by atoms with Crippen LogP contribution in [0.5, 0.6) is 5.75 Å². The third-order valence-electron chi connectivity index (χ3n) is 4.16. The second kappa shape index (κ2) is 7.78. The van der Waals surface area contributed by atoms with Gasteiger partial charge >= 0.3 is 0 Å². The molecule has 120 valence electrons. The smallest absolute Gasteiger partial charge is 0.125 e. The molecule has 23 heavy (non-hydrogen) atoms. The van der Waals surface area contributed by atoms with Gasteiger partial charge < -0.3 is 4.74 Å².